The van der Waals surface area contributed by atoms with Crippen LogP contribution in [0.2, 0.25) is 0 Å². The van der Waals surface area contributed by atoms with Crippen LogP contribution in [-0.4, -0.2) is 33.3 Å². The minimum absolute atomic E-state index is 0.168. The molecule has 0 bridgehead atoms. The van der Waals surface area contributed by atoms with E-state index in [2.05, 4.69) is 46.9 Å². The number of hydrogen-bond acceptors (Lipinski definition) is 2. The lowest BCUT2D eigenvalue weighted by atomic mass is 9.68. The smallest absolute Gasteiger partial charge is 0.220 e. The highest BCUT2D eigenvalue weighted by Gasteiger charge is 2.55. The maximum atomic E-state index is 12.2. The average Bonchev–Trinajstić information content (AvgIpc) is 2.51. The van der Waals surface area contributed by atoms with E-state index in [1.54, 1.807) is 0 Å². The Hall–Kier alpha value is -0.610. The fraction of sp³-hybridized carbons (Fsp3) is 0.944. The molecular formula is C18H37N2O2+. The summed E-state index contributed by atoms with van der Waals surface area (Å²) in [6.07, 6.45) is 6.59. The molecule has 3 N–H and O–H groups in total. The average molecular weight is 314 g/mol. The Kier molecular flexibility index (Phi) is 6.87. The number of amides is 1. The Labute approximate surface area is 136 Å². The molecule has 4 atom stereocenters. The van der Waals surface area contributed by atoms with Crippen molar-refractivity contribution in [2.45, 2.75) is 104 Å². The highest BCUT2D eigenvalue weighted by atomic mass is 16.5. The van der Waals surface area contributed by atoms with Crippen LogP contribution in [0.5, 0.6) is 0 Å². The van der Waals surface area contributed by atoms with E-state index >= 15 is 0 Å². The Morgan fingerprint density at radius 2 is 1.86 bits per heavy atom. The lowest BCUT2D eigenvalue weighted by Crippen LogP contribution is -2.69. The topological polar surface area (TPSA) is 55.2 Å². The van der Waals surface area contributed by atoms with Crippen molar-refractivity contribution in [2.24, 2.45) is 5.92 Å². The SMILES string of the molecule is CCCCCC(=O)NC1CC(C)(CC)N([OH2+])C(C)(CC)C1C. The number of piperidine rings is 1. The van der Waals surface area contributed by atoms with Crippen LogP contribution in [0.25, 0.3) is 0 Å². The van der Waals surface area contributed by atoms with Crippen molar-refractivity contribution in [1.29, 1.82) is 0 Å². The quantitative estimate of drug-likeness (QED) is 0.579. The van der Waals surface area contributed by atoms with Gasteiger partial charge in [0, 0.05) is 18.4 Å². The Balaban J connectivity index is 2.83. The van der Waals surface area contributed by atoms with E-state index < -0.39 is 0 Å². The fourth-order valence-electron chi connectivity index (χ4n) is 3.77. The van der Waals surface area contributed by atoms with Gasteiger partial charge in [-0.1, -0.05) is 45.6 Å². The largest absolute Gasteiger partial charge is 0.353 e. The first-order valence-corrected chi connectivity index (χ1v) is 9.06. The molecule has 1 rings (SSSR count). The number of rotatable bonds is 7. The van der Waals surface area contributed by atoms with Gasteiger partial charge in [0.1, 0.15) is 0 Å². The van der Waals surface area contributed by atoms with E-state index in [1.165, 1.54) is 0 Å². The van der Waals surface area contributed by atoms with Crippen LogP contribution in [0, 0.1) is 5.92 Å². The predicted molar refractivity (Wildman–Crippen MR) is 92.7 cm³/mol. The van der Waals surface area contributed by atoms with Crippen molar-refractivity contribution in [1.82, 2.24) is 10.4 Å². The normalized spacial score (nSPS) is 36.3. The monoisotopic (exact) mass is 313 g/mol. The second kappa shape index (κ2) is 7.78. The molecule has 1 aliphatic rings. The van der Waals surface area contributed by atoms with E-state index in [9.17, 15) is 4.79 Å². The molecule has 22 heavy (non-hydrogen) atoms. The van der Waals surface area contributed by atoms with E-state index in [0.717, 1.165) is 38.5 Å². The molecule has 0 spiro atoms. The van der Waals surface area contributed by atoms with Gasteiger partial charge >= 0.3 is 0 Å². The van der Waals surface area contributed by atoms with Gasteiger partial charge in [0.05, 0.1) is 11.1 Å². The number of carbonyl (C=O) groups is 1. The summed E-state index contributed by atoms with van der Waals surface area (Å²) >= 11 is 0. The summed E-state index contributed by atoms with van der Waals surface area (Å²) in [5.41, 5.74) is -0.358. The molecule has 1 fully saturated rings. The summed E-state index contributed by atoms with van der Waals surface area (Å²) in [6.45, 7) is 13.0. The summed E-state index contributed by atoms with van der Waals surface area (Å²) < 4.78 is 0. The van der Waals surface area contributed by atoms with Gasteiger partial charge < -0.3 is 10.5 Å². The summed E-state index contributed by atoms with van der Waals surface area (Å²) in [5, 5.41) is 13.7. The van der Waals surface area contributed by atoms with Crippen molar-refractivity contribution in [3.05, 3.63) is 0 Å². The molecule has 1 aliphatic heterocycles. The molecule has 0 radical (unpaired) electrons. The third-order valence-electron chi connectivity index (χ3n) is 6.13. The van der Waals surface area contributed by atoms with E-state index in [0.29, 0.717) is 6.42 Å². The lowest BCUT2D eigenvalue weighted by molar-refractivity contribution is -0.274. The molecule has 1 amide bonds. The van der Waals surface area contributed by atoms with Gasteiger partial charge in [-0.3, -0.25) is 4.79 Å². The van der Waals surface area contributed by atoms with Gasteiger partial charge in [0.25, 0.3) is 0 Å². The first-order chi connectivity index (χ1) is 10.2. The molecule has 0 aromatic rings. The van der Waals surface area contributed by atoms with Crippen LogP contribution >= 0.6 is 0 Å². The second-order valence-corrected chi connectivity index (χ2v) is 7.52. The van der Waals surface area contributed by atoms with Crippen LogP contribution in [0.4, 0.5) is 0 Å². The molecule has 0 aliphatic carbocycles. The molecule has 0 saturated carbocycles. The number of hydroxylamine groups is 2. The van der Waals surface area contributed by atoms with E-state index in [4.69, 9.17) is 5.21 Å². The molecule has 4 unspecified atom stereocenters. The highest BCUT2D eigenvalue weighted by Crippen LogP contribution is 2.44. The van der Waals surface area contributed by atoms with Crippen molar-refractivity contribution in [3.8, 4) is 0 Å². The third-order valence-corrected chi connectivity index (χ3v) is 6.13. The number of unbranched alkanes of at least 4 members (excludes halogenated alkanes) is 2. The summed E-state index contributed by atoms with van der Waals surface area (Å²) in [7, 11) is 0. The number of hydrogen-bond donors (Lipinski definition) is 1. The van der Waals surface area contributed by atoms with Gasteiger partial charge in [0.15, 0.2) is 0 Å². The highest BCUT2D eigenvalue weighted by molar-refractivity contribution is 5.76. The maximum Gasteiger partial charge on any atom is 0.220 e. The van der Waals surface area contributed by atoms with Gasteiger partial charge in [-0.25, -0.2) is 0 Å². The number of nitrogens with zero attached hydrogens (tertiary/aromatic N) is 1. The minimum atomic E-state index is -0.190. The fourth-order valence-corrected chi connectivity index (χ4v) is 3.77. The van der Waals surface area contributed by atoms with Gasteiger partial charge in [-0.2, -0.15) is 0 Å². The van der Waals surface area contributed by atoms with E-state index in [1.807, 2.05) is 5.06 Å². The second-order valence-electron chi connectivity index (χ2n) is 7.52. The molecular weight excluding hydrogens is 276 g/mol. The predicted octanol–water partition coefficient (Wildman–Crippen LogP) is 3.37. The van der Waals surface area contributed by atoms with Crippen LogP contribution in [-0.2, 0) is 4.79 Å². The van der Waals surface area contributed by atoms with Crippen molar-refractivity contribution < 1.29 is 10.0 Å². The Bertz CT molecular complexity index is 374. The Morgan fingerprint density at radius 3 is 2.36 bits per heavy atom. The molecule has 0 aromatic heterocycles. The minimum Gasteiger partial charge on any atom is -0.353 e. The molecule has 0 aromatic carbocycles. The number of carbonyl (C=O) groups excluding carboxylic acids is 1. The van der Waals surface area contributed by atoms with Gasteiger partial charge in [-0.05, 0) is 39.5 Å². The zero-order valence-corrected chi connectivity index (χ0v) is 15.5. The number of nitrogens with one attached hydrogen (secondary N) is 1. The van der Waals surface area contributed by atoms with Crippen molar-refractivity contribution in [2.75, 3.05) is 0 Å². The first kappa shape index (κ1) is 19.4. The molecule has 1 saturated heterocycles. The van der Waals surface area contributed by atoms with Gasteiger partial charge in [-0.15, -0.1) is 0 Å². The molecule has 4 nitrogen and oxygen atoms in total. The zero-order valence-electron chi connectivity index (χ0n) is 15.5. The lowest BCUT2D eigenvalue weighted by Gasteiger charge is -2.54. The standard InChI is InChI=1S/C18H36N2O2/c1-7-10-11-12-16(21)19-15-13-17(5,8-2)20(22)18(6,9-3)14(15)4/h14-15,22H,7-13H2,1-6H3,(H,19,21)/p+1. The first-order valence-electron chi connectivity index (χ1n) is 9.06. The molecule has 1 heterocycles. The molecule has 130 valence electrons. The molecule has 4 heteroatoms. The van der Waals surface area contributed by atoms with Crippen LogP contribution < -0.4 is 5.32 Å². The van der Waals surface area contributed by atoms with E-state index in [-0.39, 0.29) is 28.9 Å². The van der Waals surface area contributed by atoms with Gasteiger partial charge in [0.2, 0.25) is 5.91 Å². The van der Waals surface area contributed by atoms with Crippen molar-refractivity contribution in [3.63, 3.8) is 0 Å². The summed E-state index contributed by atoms with van der Waals surface area (Å²) in [5.74, 6) is 0.463. The van der Waals surface area contributed by atoms with Crippen LogP contribution in [0.15, 0.2) is 0 Å². The third kappa shape index (κ3) is 3.83. The van der Waals surface area contributed by atoms with Crippen molar-refractivity contribution >= 4 is 5.91 Å². The van der Waals surface area contributed by atoms with Crippen LogP contribution in [0.3, 0.4) is 0 Å². The maximum absolute atomic E-state index is 12.2. The Morgan fingerprint density at radius 1 is 1.23 bits per heavy atom. The summed E-state index contributed by atoms with van der Waals surface area (Å²) in [4.78, 5) is 12.2. The zero-order chi connectivity index (χ0) is 17.0. The van der Waals surface area contributed by atoms with Crippen LogP contribution in [0.1, 0.15) is 86.5 Å². The summed E-state index contributed by atoms with van der Waals surface area (Å²) in [6, 6.07) is 0.172.